The first-order valence-corrected chi connectivity index (χ1v) is 7.61. The van der Waals surface area contributed by atoms with E-state index in [2.05, 4.69) is 5.32 Å². The van der Waals surface area contributed by atoms with Crippen molar-refractivity contribution in [2.45, 2.75) is 6.18 Å². The number of benzene rings is 2. The maximum atomic E-state index is 13.0. The summed E-state index contributed by atoms with van der Waals surface area (Å²) in [6.07, 6.45) is -4.72. The zero-order chi connectivity index (χ0) is 20.2. The number of amides is 1. The third-order valence-corrected chi connectivity index (χ3v) is 3.51. The fourth-order valence-electron chi connectivity index (χ4n) is 2.08. The Morgan fingerprint density at radius 2 is 1.93 bits per heavy atom. The molecular weight excluding hydrogens is 393 g/mol. The SMILES string of the molecule is COc1ccc([N+](=O)[O-])cc1OCC(=O)Nc1ccc(Cl)cc1C(F)(F)F. The molecule has 0 saturated heterocycles. The molecule has 0 atom stereocenters. The number of ether oxygens (including phenoxy) is 2. The van der Waals surface area contributed by atoms with Crippen molar-refractivity contribution in [2.24, 2.45) is 0 Å². The van der Waals surface area contributed by atoms with E-state index in [4.69, 9.17) is 21.1 Å². The zero-order valence-corrected chi connectivity index (χ0v) is 14.4. The highest BCUT2D eigenvalue weighted by Gasteiger charge is 2.34. The van der Waals surface area contributed by atoms with Crippen molar-refractivity contribution in [3.63, 3.8) is 0 Å². The second-order valence-corrected chi connectivity index (χ2v) is 5.55. The Bertz CT molecular complexity index is 874. The molecule has 0 unspecified atom stereocenters. The molecule has 11 heteroatoms. The van der Waals surface area contributed by atoms with E-state index in [0.717, 1.165) is 12.1 Å². The van der Waals surface area contributed by atoms with Crippen molar-refractivity contribution < 1.29 is 32.4 Å². The van der Waals surface area contributed by atoms with Gasteiger partial charge in [0, 0.05) is 11.1 Å². The number of nitrogens with one attached hydrogen (secondary N) is 1. The summed E-state index contributed by atoms with van der Waals surface area (Å²) in [4.78, 5) is 22.1. The van der Waals surface area contributed by atoms with Crippen LogP contribution in [0.4, 0.5) is 24.5 Å². The number of hydrogen-bond donors (Lipinski definition) is 1. The van der Waals surface area contributed by atoms with Gasteiger partial charge in [-0.2, -0.15) is 13.2 Å². The number of carbonyl (C=O) groups excluding carboxylic acids is 1. The van der Waals surface area contributed by atoms with E-state index in [0.29, 0.717) is 6.07 Å². The highest BCUT2D eigenvalue weighted by molar-refractivity contribution is 6.30. The molecule has 1 N–H and O–H groups in total. The van der Waals surface area contributed by atoms with Crippen LogP contribution < -0.4 is 14.8 Å². The summed E-state index contributed by atoms with van der Waals surface area (Å²) in [5, 5.41) is 12.7. The van der Waals surface area contributed by atoms with Crippen LogP contribution >= 0.6 is 11.6 Å². The van der Waals surface area contributed by atoms with Gasteiger partial charge >= 0.3 is 6.18 Å². The predicted molar refractivity (Wildman–Crippen MR) is 90.2 cm³/mol. The Morgan fingerprint density at radius 1 is 1.22 bits per heavy atom. The Labute approximate surface area is 155 Å². The number of rotatable bonds is 6. The van der Waals surface area contributed by atoms with Gasteiger partial charge in [0.15, 0.2) is 18.1 Å². The summed E-state index contributed by atoms with van der Waals surface area (Å²) in [5.74, 6) is -0.888. The minimum Gasteiger partial charge on any atom is -0.493 e. The first-order valence-electron chi connectivity index (χ1n) is 7.23. The van der Waals surface area contributed by atoms with Gasteiger partial charge in [0.25, 0.3) is 11.6 Å². The fraction of sp³-hybridized carbons (Fsp3) is 0.188. The van der Waals surface area contributed by atoms with Crippen LogP contribution in [0, 0.1) is 10.1 Å². The van der Waals surface area contributed by atoms with Crippen molar-refractivity contribution in [1.82, 2.24) is 0 Å². The zero-order valence-electron chi connectivity index (χ0n) is 13.7. The topological polar surface area (TPSA) is 90.7 Å². The van der Waals surface area contributed by atoms with Gasteiger partial charge in [0.2, 0.25) is 0 Å². The minimum absolute atomic E-state index is 0.103. The van der Waals surface area contributed by atoms with Crippen LogP contribution in [-0.4, -0.2) is 24.5 Å². The smallest absolute Gasteiger partial charge is 0.418 e. The Balaban J connectivity index is 2.14. The Morgan fingerprint density at radius 3 is 2.52 bits per heavy atom. The number of nitro benzene ring substituents is 1. The Kier molecular flexibility index (Phi) is 6.11. The van der Waals surface area contributed by atoms with Gasteiger partial charge in [-0.05, 0) is 24.3 Å². The molecule has 0 aliphatic rings. The van der Waals surface area contributed by atoms with Crippen LogP contribution in [0.15, 0.2) is 36.4 Å². The largest absolute Gasteiger partial charge is 0.493 e. The summed E-state index contributed by atoms with van der Waals surface area (Å²) >= 11 is 5.57. The summed E-state index contributed by atoms with van der Waals surface area (Å²) in [7, 11) is 1.29. The number of hydrogen-bond acceptors (Lipinski definition) is 5. The monoisotopic (exact) mass is 404 g/mol. The summed E-state index contributed by atoms with van der Waals surface area (Å²) in [6.45, 7) is -0.697. The lowest BCUT2D eigenvalue weighted by atomic mass is 10.1. The predicted octanol–water partition coefficient (Wildman–Crippen LogP) is 4.29. The molecule has 0 bridgehead atoms. The minimum atomic E-state index is -4.72. The van der Waals surface area contributed by atoms with E-state index in [1.807, 2.05) is 0 Å². The first-order chi connectivity index (χ1) is 12.6. The second-order valence-electron chi connectivity index (χ2n) is 5.12. The number of nitro groups is 1. The van der Waals surface area contributed by atoms with Crippen LogP contribution in [0.3, 0.4) is 0 Å². The van der Waals surface area contributed by atoms with Gasteiger partial charge in [-0.1, -0.05) is 11.6 Å². The fourth-order valence-corrected chi connectivity index (χ4v) is 2.25. The Hall–Kier alpha value is -3.01. The van der Waals surface area contributed by atoms with E-state index >= 15 is 0 Å². The summed E-state index contributed by atoms with van der Waals surface area (Å²) in [5.41, 5.74) is -1.91. The second kappa shape index (κ2) is 8.12. The van der Waals surface area contributed by atoms with Gasteiger partial charge in [0.05, 0.1) is 29.4 Å². The molecule has 7 nitrogen and oxygen atoms in total. The van der Waals surface area contributed by atoms with Gasteiger partial charge in [-0.15, -0.1) is 0 Å². The molecule has 2 aromatic rings. The van der Waals surface area contributed by atoms with Crippen LogP contribution in [0.5, 0.6) is 11.5 Å². The average molecular weight is 405 g/mol. The first kappa shape index (κ1) is 20.3. The molecule has 0 spiro atoms. The van der Waals surface area contributed by atoms with E-state index < -0.39 is 34.9 Å². The molecule has 1 amide bonds. The molecule has 144 valence electrons. The molecule has 0 fully saturated rings. The lowest BCUT2D eigenvalue weighted by molar-refractivity contribution is -0.385. The number of halogens is 4. The van der Waals surface area contributed by atoms with Gasteiger partial charge in [0.1, 0.15) is 0 Å². The maximum absolute atomic E-state index is 13.0. The molecule has 2 aromatic carbocycles. The molecule has 0 heterocycles. The van der Waals surface area contributed by atoms with E-state index in [1.165, 1.54) is 25.3 Å². The van der Waals surface area contributed by atoms with Crippen LogP contribution in [0.1, 0.15) is 5.56 Å². The summed E-state index contributed by atoms with van der Waals surface area (Å²) in [6, 6.07) is 6.37. The summed E-state index contributed by atoms with van der Waals surface area (Å²) < 4.78 is 49.2. The van der Waals surface area contributed by atoms with Crippen molar-refractivity contribution in [2.75, 3.05) is 19.0 Å². The number of methoxy groups -OCH3 is 1. The van der Waals surface area contributed by atoms with Crippen LogP contribution in [0.2, 0.25) is 5.02 Å². The molecule has 0 saturated carbocycles. The average Bonchev–Trinajstić information content (AvgIpc) is 2.60. The standard InChI is InChI=1S/C16H12ClF3N2O5/c1-26-13-5-3-10(22(24)25)7-14(13)27-8-15(23)21-12-4-2-9(17)6-11(12)16(18,19)20/h2-7H,8H2,1H3,(H,21,23). The van der Waals surface area contributed by atoms with Crippen molar-refractivity contribution in [1.29, 1.82) is 0 Å². The molecule has 0 aliphatic carbocycles. The molecule has 27 heavy (non-hydrogen) atoms. The van der Waals surface area contributed by atoms with E-state index in [1.54, 1.807) is 0 Å². The van der Waals surface area contributed by atoms with Gasteiger partial charge < -0.3 is 14.8 Å². The molecule has 2 rings (SSSR count). The number of non-ortho nitro benzene ring substituents is 1. The third kappa shape index (κ3) is 5.23. The number of alkyl halides is 3. The third-order valence-electron chi connectivity index (χ3n) is 3.28. The number of anilines is 1. The highest BCUT2D eigenvalue weighted by atomic mass is 35.5. The van der Waals surface area contributed by atoms with Crippen molar-refractivity contribution in [3.8, 4) is 11.5 Å². The van der Waals surface area contributed by atoms with Crippen LogP contribution in [0.25, 0.3) is 0 Å². The quantitative estimate of drug-likeness (QED) is 0.572. The number of carbonyl (C=O) groups is 1. The van der Waals surface area contributed by atoms with Gasteiger partial charge in [-0.3, -0.25) is 14.9 Å². The number of nitrogens with zero attached hydrogens (tertiary/aromatic N) is 1. The van der Waals surface area contributed by atoms with E-state index in [9.17, 15) is 28.1 Å². The van der Waals surface area contributed by atoms with Gasteiger partial charge in [-0.25, -0.2) is 0 Å². The highest BCUT2D eigenvalue weighted by Crippen LogP contribution is 2.36. The van der Waals surface area contributed by atoms with Crippen molar-refractivity contribution in [3.05, 3.63) is 57.1 Å². The normalized spacial score (nSPS) is 11.0. The maximum Gasteiger partial charge on any atom is 0.418 e. The molecular formula is C16H12ClF3N2O5. The lowest BCUT2D eigenvalue weighted by Gasteiger charge is -2.15. The lowest BCUT2D eigenvalue weighted by Crippen LogP contribution is -2.22. The van der Waals surface area contributed by atoms with Crippen LogP contribution in [-0.2, 0) is 11.0 Å². The van der Waals surface area contributed by atoms with E-state index in [-0.39, 0.29) is 22.2 Å². The molecule has 0 aromatic heterocycles. The molecule has 0 radical (unpaired) electrons. The molecule has 0 aliphatic heterocycles. The van der Waals surface area contributed by atoms with Crippen molar-refractivity contribution >= 4 is 28.9 Å².